The first-order chi connectivity index (χ1) is 16.8. The molecular formula is C27H34O9. The third-order valence-corrected chi connectivity index (χ3v) is 11.2. The molecule has 10 atom stereocenters. The maximum atomic E-state index is 13.9. The van der Waals surface area contributed by atoms with E-state index in [4.69, 9.17) is 18.6 Å². The minimum atomic E-state index is -1.64. The molecule has 0 aromatic carbocycles. The summed E-state index contributed by atoms with van der Waals surface area (Å²) in [4.78, 5) is 39.5. The van der Waals surface area contributed by atoms with E-state index in [0.29, 0.717) is 18.4 Å². The molecule has 3 heterocycles. The van der Waals surface area contributed by atoms with E-state index < -0.39 is 75.5 Å². The van der Waals surface area contributed by atoms with Crippen molar-refractivity contribution < 1.29 is 43.2 Å². The summed E-state index contributed by atoms with van der Waals surface area (Å²) in [7, 11) is 1.21. The van der Waals surface area contributed by atoms with E-state index in [0.717, 1.165) is 0 Å². The predicted octanol–water partition coefficient (Wildman–Crippen LogP) is 2.34. The van der Waals surface area contributed by atoms with Crippen LogP contribution in [0.15, 0.2) is 23.0 Å². The van der Waals surface area contributed by atoms with Crippen molar-refractivity contribution in [2.24, 2.45) is 34.5 Å². The first kappa shape index (κ1) is 24.1. The van der Waals surface area contributed by atoms with Gasteiger partial charge in [-0.2, -0.15) is 0 Å². The number of cyclic esters (lactones) is 1. The van der Waals surface area contributed by atoms with Crippen molar-refractivity contribution in [3.8, 4) is 0 Å². The Morgan fingerprint density at radius 3 is 2.58 bits per heavy atom. The summed E-state index contributed by atoms with van der Waals surface area (Å²) >= 11 is 0. The Bertz CT molecular complexity index is 1140. The van der Waals surface area contributed by atoms with Crippen LogP contribution in [0.2, 0.25) is 0 Å². The zero-order chi connectivity index (χ0) is 26.1. The maximum Gasteiger partial charge on any atom is 0.335 e. The molecule has 3 bridgehead atoms. The van der Waals surface area contributed by atoms with E-state index in [1.54, 1.807) is 6.07 Å². The Morgan fingerprint density at radius 1 is 1.22 bits per heavy atom. The van der Waals surface area contributed by atoms with Crippen LogP contribution in [0.1, 0.15) is 65.0 Å². The Labute approximate surface area is 209 Å². The number of carbonyl (C=O) groups is 3. The van der Waals surface area contributed by atoms with Crippen molar-refractivity contribution in [2.45, 2.75) is 82.4 Å². The highest BCUT2D eigenvalue weighted by molar-refractivity contribution is 5.90. The van der Waals surface area contributed by atoms with E-state index in [-0.39, 0.29) is 18.6 Å². The summed E-state index contributed by atoms with van der Waals surface area (Å²) in [5.74, 6) is -3.88. The van der Waals surface area contributed by atoms with Crippen LogP contribution in [0, 0.1) is 34.5 Å². The Balaban J connectivity index is 1.55. The number of hydrogen-bond donors (Lipinski definition) is 2. The molecule has 5 fully saturated rings. The van der Waals surface area contributed by atoms with E-state index in [1.165, 1.54) is 19.6 Å². The van der Waals surface area contributed by atoms with Gasteiger partial charge in [-0.1, -0.05) is 20.8 Å². The Kier molecular flexibility index (Phi) is 4.69. The third-order valence-electron chi connectivity index (χ3n) is 11.2. The number of hydrogen-bond acceptors (Lipinski definition) is 9. The zero-order valence-corrected chi connectivity index (χ0v) is 21.3. The first-order valence-electron chi connectivity index (χ1n) is 12.7. The van der Waals surface area contributed by atoms with Gasteiger partial charge in [0.15, 0.2) is 6.10 Å². The quantitative estimate of drug-likeness (QED) is 0.598. The molecule has 0 amide bonds. The van der Waals surface area contributed by atoms with Gasteiger partial charge < -0.3 is 28.8 Å². The van der Waals surface area contributed by atoms with Crippen LogP contribution in [0.4, 0.5) is 0 Å². The molecule has 9 heteroatoms. The molecule has 2 saturated heterocycles. The average molecular weight is 503 g/mol. The number of fused-ring (bicyclic) bond motifs is 3. The number of Topliss-reactive ketones (excluding diaryl/α,β-unsaturated/α-hetero) is 1. The van der Waals surface area contributed by atoms with Crippen LogP contribution in [-0.2, 0) is 28.6 Å². The zero-order valence-electron chi connectivity index (χ0n) is 21.3. The van der Waals surface area contributed by atoms with Crippen molar-refractivity contribution in [3.63, 3.8) is 0 Å². The van der Waals surface area contributed by atoms with E-state index in [1.807, 2.05) is 27.7 Å². The summed E-state index contributed by atoms with van der Waals surface area (Å²) in [5, 5.41) is 23.9. The second-order valence-corrected chi connectivity index (χ2v) is 12.5. The highest BCUT2D eigenvalue weighted by atomic mass is 16.6. The Hall–Kier alpha value is -2.23. The lowest BCUT2D eigenvalue weighted by molar-refractivity contribution is -0.321. The maximum absolute atomic E-state index is 13.9. The number of aliphatic hydroxyl groups is 2. The molecule has 196 valence electrons. The van der Waals surface area contributed by atoms with Gasteiger partial charge in [-0.25, -0.2) is 4.79 Å². The molecule has 1 aromatic heterocycles. The molecule has 36 heavy (non-hydrogen) atoms. The van der Waals surface area contributed by atoms with Gasteiger partial charge in [0.25, 0.3) is 0 Å². The highest BCUT2D eigenvalue weighted by Crippen LogP contribution is 2.76. The van der Waals surface area contributed by atoms with Crippen molar-refractivity contribution >= 4 is 17.7 Å². The van der Waals surface area contributed by atoms with Crippen LogP contribution >= 0.6 is 0 Å². The smallest absolute Gasteiger partial charge is 0.335 e. The second-order valence-electron chi connectivity index (χ2n) is 12.5. The molecule has 2 aliphatic heterocycles. The molecule has 0 radical (unpaired) electrons. The molecule has 1 aromatic rings. The predicted molar refractivity (Wildman–Crippen MR) is 122 cm³/mol. The van der Waals surface area contributed by atoms with Gasteiger partial charge in [0.2, 0.25) is 0 Å². The topological polar surface area (TPSA) is 132 Å². The number of furan rings is 1. The normalized spacial score (nSPS) is 49.1. The molecule has 9 nitrogen and oxygen atoms in total. The average Bonchev–Trinajstić information content (AvgIpc) is 3.43. The number of aliphatic hydroxyl groups excluding tert-OH is 1. The van der Waals surface area contributed by atoms with Crippen molar-refractivity contribution in [1.29, 1.82) is 0 Å². The minimum Gasteiger partial charge on any atom is -0.472 e. The van der Waals surface area contributed by atoms with Crippen LogP contribution in [0.25, 0.3) is 0 Å². The van der Waals surface area contributed by atoms with Crippen LogP contribution in [-0.4, -0.2) is 58.0 Å². The molecule has 3 saturated carbocycles. The highest BCUT2D eigenvalue weighted by Gasteiger charge is 2.85. The van der Waals surface area contributed by atoms with Crippen LogP contribution < -0.4 is 0 Å². The lowest BCUT2D eigenvalue weighted by atomic mass is 9.39. The number of rotatable bonds is 3. The molecule has 5 aliphatic rings. The van der Waals surface area contributed by atoms with Gasteiger partial charge in [-0.05, 0) is 32.3 Å². The summed E-state index contributed by atoms with van der Waals surface area (Å²) in [6, 6.07) is 1.73. The van der Waals surface area contributed by atoms with Crippen LogP contribution in [0.3, 0.4) is 0 Å². The molecule has 6 rings (SSSR count). The van der Waals surface area contributed by atoms with Crippen molar-refractivity contribution in [1.82, 2.24) is 0 Å². The third kappa shape index (κ3) is 2.41. The van der Waals surface area contributed by atoms with Crippen molar-refractivity contribution in [2.75, 3.05) is 7.11 Å². The van der Waals surface area contributed by atoms with E-state index in [2.05, 4.69) is 0 Å². The lowest BCUT2D eigenvalue weighted by Crippen LogP contribution is -2.75. The summed E-state index contributed by atoms with van der Waals surface area (Å²) in [5.41, 5.74) is -5.00. The largest absolute Gasteiger partial charge is 0.472 e. The number of carbonyl (C=O) groups excluding carboxylic acids is 3. The fraction of sp³-hybridized carbons (Fsp3) is 0.741. The van der Waals surface area contributed by atoms with Gasteiger partial charge in [0.05, 0.1) is 37.6 Å². The molecular weight excluding hydrogens is 468 g/mol. The fourth-order valence-corrected chi connectivity index (χ4v) is 9.14. The Morgan fingerprint density at radius 2 is 1.94 bits per heavy atom. The lowest BCUT2D eigenvalue weighted by Gasteiger charge is -2.65. The van der Waals surface area contributed by atoms with E-state index in [9.17, 15) is 24.6 Å². The molecule has 1 spiro atoms. The first-order valence-corrected chi connectivity index (χ1v) is 12.7. The second kappa shape index (κ2) is 6.99. The number of ether oxygens (including phenoxy) is 3. The number of esters is 2. The monoisotopic (exact) mass is 502 g/mol. The fourth-order valence-electron chi connectivity index (χ4n) is 9.14. The summed E-state index contributed by atoms with van der Waals surface area (Å²) in [6.07, 6.45) is 1.75. The van der Waals surface area contributed by atoms with Crippen LogP contribution in [0.5, 0.6) is 0 Å². The van der Waals surface area contributed by atoms with Crippen molar-refractivity contribution in [3.05, 3.63) is 24.2 Å². The molecule has 3 aliphatic carbocycles. The van der Waals surface area contributed by atoms with Gasteiger partial charge >= 0.3 is 11.9 Å². The number of ketones is 1. The van der Waals surface area contributed by atoms with Gasteiger partial charge in [-0.15, -0.1) is 0 Å². The van der Waals surface area contributed by atoms with Gasteiger partial charge in [-0.3, -0.25) is 9.59 Å². The van der Waals surface area contributed by atoms with E-state index >= 15 is 0 Å². The summed E-state index contributed by atoms with van der Waals surface area (Å²) < 4.78 is 23.0. The molecule has 2 N–H and O–H groups in total. The standard InChI is InChI=1S/C27H34O9/c1-23(2)18(20(30)22(31)33-5)17-14-6-8-24(3)21(13-7-9-34-12-13)35-16(28)11-27(24,32)26(14)10-15(19(17)29)25(23,4)36-26/h7,9,12,14-15,17-18,20-21,30,32H,6,8,10-11H2,1-5H3/t14-,15-,17-,18+,20+,21+,24+,25-,26+,27+/m1/s1. The number of methoxy groups -OCH3 is 1. The minimum absolute atomic E-state index is 0.0418. The molecule has 0 unspecified atom stereocenters. The van der Waals surface area contributed by atoms with Gasteiger partial charge in [0.1, 0.15) is 23.1 Å². The SMILES string of the molecule is COC(=O)[C@@H](O)[C@@H]1[C@@H]2C(=O)[C@H]3C[C@]4(O[C@@]3(C)C1(C)C)[C@@H]2CC[C@@]1(C)[C@H](c2ccoc2)OC(=O)C[C@]14O. The van der Waals surface area contributed by atoms with Gasteiger partial charge in [0, 0.05) is 34.1 Å². The summed E-state index contributed by atoms with van der Waals surface area (Å²) in [6.45, 7) is 7.60.